The number of carbonyl (C=O) groups excluding carboxylic acids is 1. The van der Waals surface area contributed by atoms with Crippen LogP contribution in [0.15, 0.2) is 0 Å². The minimum atomic E-state index is -1.08. The van der Waals surface area contributed by atoms with Gasteiger partial charge >= 0.3 is 35.5 Å². The normalized spacial score (nSPS) is 11.1. The molecule has 7 N–H and O–H groups in total. The van der Waals surface area contributed by atoms with Crippen LogP contribution in [-0.4, -0.2) is 86.3 Å². The van der Waals surface area contributed by atoms with E-state index in [9.17, 15) is 4.79 Å². The predicted octanol–water partition coefficient (Wildman–Crippen LogP) is -1.14. The van der Waals surface area contributed by atoms with Crippen LogP contribution < -0.4 is 34.7 Å². The summed E-state index contributed by atoms with van der Waals surface area (Å²) in [4.78, 5) is 18.3. The van der Waals surface area contributed by atoms with Crippen molar-refractivity contribution >= 4 is 11.9 Å². The average Bonchev–Trinajstić information content (AvgIpc) is 2.80. The van der Waals surface area contributed by atoms with E-state index < -0.39 is 30.3 Å². The summed E-state index contributed by atoms with van der Waals surface area (Å²) in [6.45, 7) is 9.68. The molecule has 0 aliphatic carbocycles. The molecule has 36 heavy (non-hydrogen) atoms. The molecule has 218 valence electrons. The van der Waals surface area contributed by atoms with E-state index >= 15 is 0 Å². The first-order chi connectivity index (χ1) is 16.3. The van der Waals surface area contributed by atoms with Crippen LogP contribution in [-0.2, 0) is 9.59 Å². The second-order valence-corrected chi connectivity index (χ2v) is 7.66. The van der Waals surface area contributed by atoms with Gasteiger partial charge in [-0.05, 0) is 34.1 Å². The van der Waals surface area contributed by atoms with Crippen molar-refractivity contribution in [1.29, 1.82) is 0 Å². The molecule has 3 unspecified atom stereocenters. The number of carboxylic acid groups (broad SMARTS) is 2. The molecule has 0 radical (unpaired) electrons. The Morgan fingerprint density at radius 3 is 1.08 bits per heavy atom. The monoisotopic (exact) mass is 540 g/mol. The van der Waals surface area contributed by atoms with Crippen LogP contribution in [0, 0.1) is 0 Å². The Bertz CT molecular complexity index is 349. The summed E-state index contributed by atoms with van der Waals surface area (Å²) in [7, 11) is 1.00. The molecule has 11 heteroatoms. The molecule has 10 nitrogen and oxygen atoms in total. The first-order valence-electron chi connectivity index (χ1n) is 12.4. The molecule has 0 saturated carbocycles. The SMILES string of the molecule is CC(=O)[O-].CC(O)C(C)O.CC(O)CO.CCC(=O)O.CCCCCCCCCCCCO.CO.[Na+]. The first kappa shape index (κ1) is 52.2. The summed E-state index contributed by atoms with van der Waals surface area (Å²) in [5.74, 6) is -1.83. The number of hydrogen-bond donors (Lipinski definition) is 7. The molecule has 0 aliphatic heterocycles. The third-order valence-corrected chi connectivity index (χ3v) is 3.78. The van der Waals surface area contributed by atoms with Crippen molar-refractivity contribution in [2.45, 2.75) is 130 Å². The van der Waals surface area contributed by atoms with Gasteiger partial charge in [-0.15, -0.1) is 0 Å². The van der Waals surface area contributed by atoms with Gasteiger partial charge in [-0.3, -0.25) is 4.79 Å². The molecular formula is C25H57NaO10. The number of aliphatic hydroxyl groups excluding tert-OH is 6. The van der Waals surface area contributed by atoms with Crippen molar-refractivity contribution in [3.05, 3.63) is 0 Å². The second-order valence-electron chi connectivity index (χ2n) is 7.66. The van der Waals surface area contributed by atoms with E-state index in [2.05, 4.69) is 6.92 Å². The van der Waals surface area contributed by atoms with E-state index in [1.165, 1.54) is 64.7 Å². The molecule has 0 spiro atoms. The molecule has 0 aromatic carbocycles. The number of rotatable bonds is 13. The third-order valence-electron chi connectivity index (χ3n) is 3.78. The van der Waals surface area contributed by atoms with Gasteiger partial charge in [0.15, 0.2) is 0 Å². The summed E-state index contributed by atoms with van der Waals surface area (Å²) < 4.78 is 0. The molecule has 0 aromatic heterocycles. The fraction of sp³-hybridized carbons (Fsp3) is 0.920. The minimum absolute atomic E-state index is 0. The third kappa shape index (κ3) is 115. The minimum Gasteiger partial charge on any atom is -0.550 e. The predicted molar refractivity (Wildman–Crippen MR) is 138 cm³/mol. The van der Waals surface area contributed by atoms with E-state index in [0.717, 1.165) is 20.5 Å². The number of hydrogen-bond acceptors (Lipinski definition) is 9. The van der Waals surface area contributed by atoms with Crippen LogP contribution in [0.1, 0.15) is 112 Å². The molecule has 0 saturated heterocycles. The summed E-state index contributed by atoms with van der Waals surface area (Å²) in [6, 6.07) is 0. The molecule has 0 bridgehead atoms. The second kappa shape index (κ2) is 51.4. The zero-order valence-electron chi connectivity index (χ0n) is 24.3. The number of unbranched alkanes of at least 4 members (excludes halogenated alkanes) is 9. The number of carbonyl (C=O) groups is 2. The molecule has 0 heterocycles. The first-order valence-corrected chi connectivity index (χ1v) is 12.4. The Morgan fingerprint density at radius 1 is 0.722 bits per heavy atom. The molecule has 0 fully saturated rings. The number of carboxylic acids is 2. The van der Waals surface area contributed by atoms with Crippen molar-refractivity contribution in [1.82, 2.24) is 0 Å². The van der Waals surface area contributed by atoms with E-state index in [0.29, 0.717) is 6.61 Å². The Hall–Kier alpha value is -0.300. The Balaban J connectivity index is -0.0000000620. The fourth-order valence-electron chi connectivity index (χ4n) is 1.60. The molecule has 3 atom stereocenters. The van der Waals surface area contributed by atoms with Gasteiger partial charge in [0.2, 0.25) is 0 Å². The van der Waals surface area contributed by atoms with Gasteiger partial charge in [-0.2, -0.15) is 0 Å². The topological polar surface area (TPSA) is 199 Å². The Kier molecular flexibility index (Phi) is 74.5. The summed E-state index contributed by atoms with van der Waals surface area (Å²) >= 11 is 0. The van der Waals surface area contributed by atoms with Gasteiger partial charge < -0.3 is 45.6 Å². The smallest absolute Gasteiger partial charge is 0.550 e. The fourth-order valence-corrected chi connectivity index (χ4v) is 1.60. The van der Waals surface area contributed by atoms with Crippen LogP contribution in [0.2, 0.25) is 0 Å². The van der Waals surface area contributed by atoms with Crippen molar-refractivity contribution in [3.63, 3.8) is 0 Å². The van der Waals surface area contributed by atoms with E-state index in [4.69, 9.17) is 45.6 Å². The van der Waals surface area contributed by atoms with Gasteiger partial charge in [0, 0.05) is 26.1 Å². The Morgan fingerprint density at radius 2 is 0.944 bits per heavy atom. The van der Waals surface area contributed by atoms with Crippen LogP contribution in [0.4, 0.5) is 0 Å². The van der Waals surface area contributed by atoms with Crippen molar-refractivity contribution < 1.29 is 80.0 Å². The van der Waals surface area contributed by atoms with E-state index in [1.54, 1.807) is 20.8 Å². The van der Waals surface area contributed by atoms with Crippen LogP contribution in [0.25, 0.3) is 0 Å². The maximum atomic E-state index is 9.37. The van der Waals surface area contributed by atoms with E-state index in [-0.39, 0.29) is 42.6 Å². The molecular weight excluding hydrogens is 483 g/mol. The van der Waals surface area contributed by atoms with Gasteiger partial charge in [0.05, 0.1) is 24.9 Å². The van der Waals surface area contributed by atoms with Gasteiger partial charge in [0.25, 0.3) is 0 Å². The maximum Gasteiger partial charge on any atom is 1.00 e. The van der Waals surface area contributed by atoms with Gasteiger partial charge in [-0.1, -0.05) is 71.6 Å². The van der Waals surface area contributed by atoms with Crippen LogP contribution in [0.3, 0.4) is 0 Å². The summed E-state index contributed by atoms with van der Waals surface area (Å²) in [5, 5.41) is 64.9. The van der Waals surface area contributed by atoms with Gasteiger partial charge in [0.1, 0.15) is 0 Å². The zero-order chi connectivity index (χ0) is 29.1. The van der Waals surface area contributed by atoms with Crippen molar-refractivity contribution in [2.75, 3.05) is 20.3 Å². The molecule has 0 aliphatic rings. The van der Waals surface area contributed by atoms with Crippen LogP contribution in [0.5, 0.6) is 0 Å². The average molecular weight is 541 g/mol. The number of aliphatic hydroxyl groups is 6. The Labute approximate surface area is 242 Å². The van der Waals surface area contributed by atoms with Crippen molar-refractivity contribution in [3.8, 4) is 0 Å². The standard InChI is InChI=1S/C12H26O.C4H10O2.C3H8O2.C3H6O2.C2H4O2.CH4O.Na/c1-2-3-4-5-6-7-8-9-10-11-12-13;1-3(5)4(2)6;1-3(5)2-4;1-2-3(4)5;1-2(3)4;1-2;/h13H,2-12H2,1H3;3-6H,1-2H3;3-5H,2H2,1H3;2H2,1H3,(H,4,5);1H3,(H,3,4);2H,1H3;/q;;;;;;+1/p-1. The maximum absolute atomic E-state index is 9.37. The summed E-state index contributed by atoms with van der Waals surface area (Å²) in [5.41, 5.74) is 0. The molecule has 0 amide bonds. The molecule has 0 aromatic rings. The van der Waals surface area contributed by atoms with E-state index in [1.807, 2.05) is 0 Å². The van der Waals surface area contributed by atoms with Crippen molar-refractivity contribution in [2.24, 2.45) is 0 Å². The van der Waals surface area contributed by atoms with Crippen LogP contribution >= 0.6 is 0 Å². The summed E-state index contributed by atoms with van der Waals surface area (Å²) in [6.07, 6.45) is 11.8. The largest absolute Gasteiger partial charge is 1.00 e. The van der Waals surface area contributed by atoms with Gasteiger partial charge in [-0.25, -0.2) is 0 Å². The zero-order valence-corrected chi connectivity index (χ0v) is 26.3. The quantitative estimate of drug-likeness (QED) is 0.111. The molecule has 0 rings (SSSR count). The number of aliphatic carboxylic acids is 2.